The van der Waals surface area contributed by atoms with Gasteiger partial charge in [0.1, 0.15) is 0 Å². The Morgan fingerprint density at radius 2 is 1.89 bits per heavy atom. The van der Waals surface area contributed by atoms with Crippen molar-refractivity contribution in [3.05, 3.63) is 0 Å². The van der Waals surface area contributed by atoms with Gasteiger partial charge in [0.25, 0.3) is 0 Å². The van der Waals surface area contributed by atoms with Crippen molar-refractivity contribution in [3.63, 3.8) is 0 Å². The lowest BCUT2D eigenvalue weighted by molar-refractivity contribution is -0.00946. The Morgan fingerprint density at radius 3 is 2.44 bits per heavy atom. The Labute approximate surface area is 113 Å². The molecule has 1 saturated heterocycles. The first kappa shape index (κ1) is 14.3. The van der Waals surface area contributed by atoms with Gasteiger partial charge < -0.3 is 5.73 Å². The van der Waals surface area contributed by atoms with E-state index in [9.17, 15) is 0 Å². The third kappa shape index (κ3) is 2.91. The second-order valence-electron chi connectivity index (χ2n) is 7.15. The highest BCUT2D eigenvalue weighted by atomic mass is 15.2. The van der Waals surface area contributed by atoms with Crippen molar-refractivity contribution >= 4 is 0 Å². The highest BCUT2D eigenvalue weighted by molar-refractivity contribution is 4.98. The summed E-state index contributed by atoms with van der Waals surface area (Å²) in [6.45, 7) is 10.6. The summed E-state index contributed by atoms with van der Waals surface area (Å²) in [7, 11) is 0. The molecule has 0 spiro atoms. The topological polar surface area (TPSA) is 29.3 Å². The van der Waals surface area contributed by atoms with Crippen LogP contribution in [0.5, 0.6) is 0 Å². The zero-order chi connectivity index (χ0) is 13.2. The van der Waals surface area contributed by atoms with Crippen LogP contribution in [-0.2, 0) is 0 Å². The Hall–Kier alpha value is -0.0800. The molecule has 2 fully saturated rings. The van der Waals surface area contributed by atoms with E-state index < -0.39 is 0 Å². The minimum absolute atomic E-state index is 0.335. The van der Waals surface area contributed by atoms with Gasteiger partial charge in [0.2, 0.25) is 0 Å². The average molecular weight is 252 g/mol. The lowest BCUT2D eigenvalue weighted by Crippen LogP contribution is -2.60. The number of piperidine rings is 1. The molecule has 1 heterocycles. The van der Waals surface area contributed by atoms with E-state index in [1.807, 2.05) is 0 Å². The van der Waals surface area contributed by atoms with Crippen molar-refractivity contribution in [2.75, 3.05) is 19.6 Å². The molecule has 4 atom stereocenters. The van der Waals surface area contributed by atoms with Crippen LogP contribution in [0.3, 0.4) is 0 Å². The minimum Gasteiger partial charge on any atom is -0.329 e. The van der Waals surface area contributed by atoms with Gasteiger partial charge >= 0.3 is 0 Å². The molecule has 2 aliphatic rings. The van der Waals surface area contributed by atoms with Crippen molar-refractivity contribution in [3.8, 4) is 0 Å². The molecule has 2 N–H and O–H groups in total. The van der Waals surface area contributed by atoms with E-state index in [2.05, 4.69) is 25.7 Å². The molecular formula is C16H32N2. The van der Waals surface area contributed by atoms with Crippen molar-refractivity contribution in [2.24, 2.45) is 23.5 Å². The van der Waals surface area contributed by atoms with Gasteiger partial charge in [-0.1, -0.05) is 40.0 Å². The molecule has 2 nitrogen and oxygen atoms in total. The average Bonchev–Trinajstić information content (AvgIpc) is 2.37. The number of rotatable bonds is 3. The van der Waals surface area contributed by atoms with E-state index in [0.29, 0.717) is 5.54 Å². The Kier molecular flexibility index (Phi) is 4.71. The zero-order valence-electron chi connectivity index (χ0n) is 12.6. The fraction of sp³-hybridized carbons (Fsp3) is 1.00. The lowest BCUT2D eigenvalue weighted by Gasteiger charge is -2.52. The van der Waals surface area contributed by atoms with Gasteiger partial charge in [0.15, 0.2) is 0 Å². The fourth-order valence-corrected chi connectivity index (χ4v) is 4.46. The van der Waals surface area contributed by atoms with Crippen LogP contribution in [0.1, 0.15) is 59.3 Å². The Morgan fingerprint density at radius 1 is 1.22 bits per heavy atom. The first-order chi connectivity index (χ1) is 8.59. The maximum Gasteiger partial charge on any atom is 0.0334 e. The molecule has 0 radical (unpaired) electrons. The summed E-state index contributed by atoms with van der Waals surface area (Å²) in [6, 6.07) is 0. The van der Waals surface area contributed by atoms with Crippen molar-refractivity contribution < 1.29 is 0 Å². The van der Waals surface area contributed by atoms with E-state index in [4.69, 9.17) is 5.73 Å². The summed E-state index contributed by atoms with van der Waals surface area (Å²) < 4.78 is 0. The number of nitrogens with zero attached hydrogens (tertiary/aromatic N) is 1. The molecule has 2 rings (SSSR count). The molecule has 18 heavy (non-hydrogen) atoms. The molecule has 0 aromatic rings. The smallest absolute Gasteiger partial charge is 0.0334 e. The second kappa shape index (κ2) is 5.92. The van der Waals surface area contributed by atoms with Gasteiger partial charge in [-0.25, -0.2) is 0 Å². The van der Waals surface area contributed by atoms with Gasteiger partial charge in [-0.15, -0.1) is 0 Å². The Bertz CT molecular complexity index is 256. The molecule has 0 aromatic heterocycles. The fourth-order valence-electron chi connectivity index (χ4n) is 4.46. The zero-order valence-corrected chi connectivity index (χ0v) is 12.6. The molecule has 2 heteroatoms. The molecule has 0 bridgehead atoms. The molecule has 0 amide bonds. The van der Waals surface area contributed by atoms with E-state index in [1.54, 1.807) is 0 Å². The third-order valence-electron chi connectivity index (χ3n) is 5.42. The van der Waals surface area contributed by atoms with Gasteiger partial charge in [-0.3, -0.25) is 4.90 Å². The number of hydrogen-bond acceptors (Lipinski definition) is 2. The first-order valence-electron chi connectivity index (χ1n) is 8.04. The largest absolute Gasteiger partial charge is 0.329 e. The SMILES string of the molecule is CCC1CCCC(CN)(N2CC(C)CC(C)C2)C1. The van der Waals surface area contributed by atoms with Gasteiger partial charge in [-0.05, 0) is 37.0 Å². The molecule has 0 aromatic carbocycles. The van der Waals surface area contributed by atoms with Crippen LogP contribution in [0, 0.1) is 17.8 Å². The van der Waals surface area contributed by atoms with Crippen molar-refractivity contribution in [2.45, 2.75) is 64.8 Å². The van der Waals surface area contributed by atoms with Crippen LogP contribution in [0.2, 0.25) is 0 Å². The van der Waals surface area contributed by atoms with E-state index >= 15 is 0 Å². The van der Waals surface area contributed by atoms with Crippen LogP contribution in [-0.4, -0.2) is 30.1 Å². The van der Waals surface area contributed by atoms with Crippen LogP contribution < -0.4 is 5.73 Å². The standard InChI is InChI=1S/C16H32N2/c1-4-15-6-5-7-16(9-15,12-17)18-10-13(2)8-14(3)11-18/h13-15H,4-12,17H2,1-3H3. The van der Waals surface area contributed by atoms with Crippen LogP contribution in [0.25, 0.3) is 0 Å². The summed E-state index contributed by atoms with van der Waals surface area (Å²) in [4.78, 5) is 2.77. The quantitative estimate of drug-likeness (QED) is 0.835. The predicted octanol–water partition coefficient (Wildman–Crippen LogP) is 3.26. The van der Waals surface area contributed by atoms with Crippen LogP contribution in [0.15, 0.2) is 0 Å². The Balaban J connectivity index is 2.10. The highest BCUT2D eigenvalue weighted by Gasteiger charge is 2.41. The monoisotopic (exact) mass is 252 g/mol. The second-order valence-corrected chi connectivity index (χ2v) is 7.15. The summed E-state index contributed by atoms with van der Waals surface area (Å²) in [5, 5.41) is 0. The summed E-state index contributed by atoms with van der Waals surface area (Å²) >= 11 is 0. The van der Waals surface area contributed by atoms with E-state index in [1.165, 1.54) is 51.6 Å². The molecule has 4 unspecified atom stereocenters. The third-order valence-corrected chi connectivity index (χ3v) is 5.42. The van der Waals surface area contributed by atoms with Gasteiger partial charge in [0, 0.05) is 25.2 Å². The van der Waals surface area contributed by atoms with Gasteiger partial charge in [0.05, 0.1) is 0 Å². The summed E-state index contributed by atoms with van der Waals surface area (Å²) in [6.07, 6.45) is 8.22. The van der Waals surface area contributed by atoms with E-state index in [-0.39, 0.29) is 0 Å². The lowest BCUT2D eigenvalue weighted by atomic mass is 9.72. The summed E-state index contributed by atoms with van der Waals surface area (Å²) in [5.41, 5.74) is 6.57. The highest BCUT2D eigenvalue weighted by Crippen LogP contribution is 2.40. The van der Waals surface area contributed by atoms with Crippen molar-refractivity contribution in [1.82, 2.24) is 4.90 Å². The normalized spacial score (nSPS) is 43.0. The number of likely N-dealkylation sites (tertiary alicyclic amines) is 1. The maximum atomic E-state index is 6.24. The molecule has 1 saturated carbocycles. The van der Waals surface area contributed by atoms with Crippen molar-refractivity contribution in [1.29, 1.82) is 0 Å². The molecule has 1 aliphatic heterocycles. The van der Waals surface area contributed by atoms with Crippen LogP contribution in [0.4, 0.5) is 0 Å². The number of hydrogen-bond donors (Lipinski definition) is 1. The maximum absolute atomic E-state index is 6.24. The van der Waals surface area contributed by atoms with E-state index in [0.717, 1.165) is 24.3 Å². The molecular weight excluding hydrogens is 220 g/mol. The molecule has 106 valence electrons. The van der Waals surface area contributed by atoms with Crippen LogP contribution >= 0.6 is 0 Å². The predicted molar refractivity (Wildman–Crippen MR) is 78.6 cm³/mol. The first-order valence-corrected chi connectivity index (χ1v) is 8.04. The number of nitrogens with two attached hydrogens (primary N) is 1. The molecule has 1 aliphatic carbocycles. The minimum atomic E-state index is 0.335. The van der Waals surface area contributed by atoms with Gasteiger partial charge in [-0.2, -0.15) is 0 Å². The summed E-state index contributed by atoms with van der Waals surface area (Å²) in [5.74, 6) is 2.60.